The van der Waals surface area contributed by atoms with E-state index in [1.165, 1.54) is 0 Å². The molecular weight excluding hydrogens is 234 g/mol. The van der Waals surface area contributed by atoms with E-state index in [2.05, 4.69) is 29.4 Å². The van der Waals surface area contributed by atoms with E-state index in [0.717, 1.165) is 30.8 Å². The largest absolute Gasteiger partial charge is 0.247 e. The van der Waals surface area contributed by atoms with Crippen molar-refractivity contribution in [2.24, 2.45) is 10.3 Å². The molecule has 2 aromatic carbocycles. The minimum atomic E-state index is 0.875. The molecule has 0 saturated carbocycles. The quantitative estimate of drug-likeness (QED) is 0.526. The Balaban J connectivity index is 2.12. The summed E-state index contributed by atoms with van der Waals surface area (Å²) in [6.07, 6.45) is 2.24. The molecule has 0 heterocycles. The number of anilines is 1. The zero-order chi connectivity index (χ0) is 13.3. The molecule has 0 unspecified atom stereocenters. The Morgan fingerprint density at radius 2 is 1.53 bits per heavy atom. The molecule has 0 aliphatic heterocycles. The van der Waals surface area contributed by atoms with Crippen LogP contribution in [0.4, 0.5) is 11.4 Å². The predicted octanol–water partition coefficient (Wildman–Crippen LogP) is 4.99. The highest BCUT2D eigenvalue weighted by Gasteiger charge is 2.03. The van der Waals surface area contributed by atoms with Crippen LogP contribution in [0, 0.1) is 0 Å². The van der Waals surface area contributed by atoms with Gasteiger partial charge in [0.05, 0.1) is 11.4 Å². The second-order valence-corrected chi connectivity index (χ2v) is 4.34. The maximum Gasteiger partial charge on any atom is 0.0874 e. The molecule has 2 aromatic rings. The molecule has 3 heteroatoms. The molecule has 0 radical (unpaired) electrons. The summed E-state index contributed by atoms with van der Waals surface area (Å²) in [5.74, 6) is 0. The third-order valence-electron chi connectivity index (χ3n) is 2.80. The summed E-state index contributed by atoms with van der Waals surface area (Å²) in [6.45, 7) is 3.06. The zero-order valence-electron chi connectivity index (χ0n) is 11.2. The van der Waals surface area contributed by atoms with Crippen molar-refractivity contribution in [2.45, 2.75) is 19.8 Å². The average Bonchev–Trinajstić information content (AvgIpc) is 2.49. The summed E-state index contributed by atoms with van der Waals surface area (Å²) in [4.78, 5) is 0. The Kier molecular flexibility index (Phi) is 5.11. The fourth-order valence-electron chi connectivity index (χ4n) is 1.73. The molecule has 0 aliphatic rings. The van der Waals surface area contributed by atoms with E-state index in [-0.39, 0.29) is 0 Å². The van der Waals surface area contributed by atoms with Crippen molar-refractivity contribution in [3.8, 4) is 0 Å². The van der Waals surface area contributed by atoms with Gasteiger partial charge >= 0.3 is 0 Å². The fourth-order valence-corrected chi connectivity index (χ4v) is 1.73. The number of para-hydroxylation sites is 1. The lowest BCUT2D eigenvalue weighted by atomic mass is 10.3. The van der Waals surface area contributed by atoms with Crippen LogP contribution in [0.15, 0.2) is 71.0 Å². The lowest BCUT2D eigenvalue weighted by molar-refractivity contribution is 0.718. The predicted molar refractivity (Wildman–Crippen MR) is 79.7 cm³/mol. The van der Waals surface area contributed by atoms with E-state index in [1.54, 1.807) is 0 Å². The van der Waals surface area contributed by atoms with E-state index in [9.17, 15) is 0 Å². The minimum absolute atomic E-state index is 0.875. The first-order valence-electron chi connectivity index (χ1n) is 6.69. The first kappa shape index (κ1) is 13.3. The lowest BCUT2D eigenvalue weighted by Crippen LogP contribution is -2.16. The van der Waals surface area contributed by atoms with Crippen LogP contribution < -0.4 is 5.01 Å². The molecule has 3 nitrogen and oxygen atoms in total. The van der Waals surface area contributed by atoms with Gasteiger partial charge in [-0.25, -0.2) is 5.01 Å². The normalized spacial score (nSPS) is 10.8. The minimum Gasteiger partial charge on any atom is -0.247 e. The standard InChI is InChI=1S/C16H19N3/c1-2-3-14-19(16-12-8-5-9-13-16)18-17-15-10-6-4-7-11-15/h4-13H,2-3,14H2,1H3. The summed E-state index contributed by atoms with van der Waals surface area (Å²) in [6, 6.07) is 20.0. The second kappa shape index (κ2) is 7.31. The maximum absolute atomic E-state index is 4.36. The molecule has 0 amide bonds. The van der Waals surface area contributed by atoms with E-state index < -0.39 is 0 Å². The number of benzene rings is 2. The van der Waals surface area contributed by atoms with Crippen molar-refractivity contribution in [3.63, 3.8) is 0 Å². The van der Waals surface area contributed by atoms with E-state index in [0.29, 0.717) is 0 Å². The molecule has 0 spiro atoms. The summed E-state index contributed by atoms with van der Waals surface area (Å²) < 4.78 is 0. The Morgan fingerprint density at radius 1 is 0.895 bits per heavy atom. The highest BCUT2D eigenvalue weighted by molar-refractivity contribution is 5.45. The molecular formula is C16H19N3. The van der Waals surface area contributed by atoms with Crippen LogP contribution in [0.3, 0.4) is 0 Å². The van der Waals surface area contributed by atoms with Crippen molar-refractivity contribution in [3.05, 3.63) is 60.7 Å². The van der Waals surface area contributed by atoms with Gasteiger partial charge in [-0.15, -0.1) is 5.11 Å². The SMILES string of the molecule is CCCCN(N=Nc1ccccc1)c1ccccc1. The third-order valence-corrected chi connectivity index (χ3v) is 2.80. The van der Waals surface area contributed by atoms with Gasteiger partial charge in [-0.3, -0.25) is 0 Å². The van der Waals surface area contributed by atoms with Gasteiger partial charge in [-0.2, -0.15) is 0 Å². The van der Waals surface area contributed by atoms with Crippen LogP contribution in [0.25, 0.3) is 0 Å². The van der Waals surface area contributed by atoms with Crippen LogP contribution in [0.5, 0.6) is 0 Å². The molecule has 0 aromatic heterocycles. The van der Waals surface area contributed by atoms with Gasteiger partial charge < -0.3 is 0 Å². The van der Waals surface area contributed by atoms with Crippen molar-refractivity contribution >= 4 is 11.4 Å². The molecule has 2 rings (SSSR count). The molecule has 0 bridgehead atoms. The van der Waals surface area contributed by atoms with Crippen LogP contribution in [0.1, 0.15) is 19.8 Å². The maximum atomic E-state index is 4.36. The smallest absolute Gasteiger partial charge is 0.0874 e. The van der Waals surface area contributed by atoms with Crippen LogP contribution in [-0.2, 0) is 0 Å². The highest BCUT2D eigenvalue weighted by atomic mass is 15.5. The number of rotatable bonds is 6. The van der Waals surface area contributed by atoms with Crippen LogP contribution in [0.2, 0.25) is 0 Å². The third kappa shape index (κ3) is 4.21. The lowest BCUT2D eigenvalue weighted by Gasteiger charge is -2.17. The molecule has 98 valence electrons. The molecule has 19 heavy (non-hydrogen) atoms. The average molecular weight is 253 g/mol. The molecule has 0 aliphatic carbocycles. The summed E-state index contributed by atoms with van der Waals surface area (Å²) in [7, 11) is 0. The Morgan fingerprint density at radius 3 is 2.16 bits per heavy atom. The van der Waals surface area contributed by atoms with E-state index in [1.807, 2.05) is 53.5 Å². The Hall–Kier alpha value is -2.16. The molecule has 0 atom stereocenters. The van der Waals surface area contributed by atoms with Crippen LogP contribution in [-0.4, -0.2) is 6.54 Å². The number of hydrogen-bond donors (Lipinski definition) is 0. The van der Waals surface area contributed by atoms with Gasteiger partial charge in [0.25, 0.3) is 0 Å². The fraction of sp³-hybridized carbons (Fsp3) is 0.250. The van der Waals surface area contributed by atoms with Gasteiger partial charge in [-0.05, 0) is 30.7 Å². The van der Waals surface area contributed by atoms with Gasteiger partial charge in [0, 0.05) is 6.54 Å². The number of nitrogens with zero attached hydrogens (tertiary/aromatic N) is 3. The number of hydrogen-bond acceptors (Lipinski definition) is 2. The van der Waals surface area contributed by atoms with E-state index in [4.69, 9.17) is 0 Å². The van der Waals surface area contributed by atoms with Gasteiger partial charge in [0.1, 0.15) is 0 Å². The van der Waals surface area contributed by atoms with Gasteiger partial charge in [0.2, 0.25) is 0 Å². The summed E-state index contributed by atoms with van der Waals surface area (Å²) in [5.41, 5.74) is 1.95. The van der Waals surface area contributed by atoms with Crippen molar-refractivity contribution in [1.29, 1.82) is 0 Å². The topological polar surface area (TPSA) is 28.0 Å². The van der Waals surface area contributed by atoms with Crippen molar-refractivity contribution in [2.75, 3.05) is 11.6 Å². The van der Waals surface area contributed by atoms with Crippen LogP contribution >= 0.6 is 0 Å². The molecule has 0 fully saturated rings. The van der Waals surface area contributed by atoms with Gasteiger partial charge in [0.15, 0.2) is 0 Å². The van der Waals surface area contributed by atoms with Crippen molar-refractivity contribution < 1.29 is 0 Å². The van der Waals surface area contributed by atoms with E-state index >= 15 is 0 Å². The second-order valence-electron chi connectivity index (χ2n) is 4.34. The number of unbranched alkanes of at least 4 members (excludes halogenated alkanes) is 1. The van der Waals surface area contributed by atoms with Crippen molar-refractivity contribution in [1.82, 2.24) is 0 Å². The Labute approximate surface area is 114 Å². The Bertz CT molecular complexity index is 494. The molecule has 0 N–H and O–H groups in total. The first-order valence-corrected chi connectivity index (χ1v) is 6.69. The summed E-state index contributed by atoms with van der Waals surface area (Å²) >= 11 is 0. The monoisotopic (exact) mass is 253 g/mol. The van der Waals surface area contributed by atoms with Gasteiger partial charge in [-0.1, -0.05) is 55.0 Å². The first-order chi connectivity index (χ1) is 9.40. The zero-order valence-corrected chi connectivity index (χ0v) is 11.2. The summed E-state index contributed by atoms with van der Waals surface area (Å²) in [5, 5.41) is 10.6. The highest BCUT2D eigenvalue weighted by Crippen LogP contribution is 2.17. The molecule has 0 saturated heterocycles.